The van der Waals surface area contributed by atoms with Crippen LogP contribution in [0.1, 0.15) is 12.2 Å². The normalized spacial score (nSPS) is 17.3. The Kier molecular flexibility index (Phi) is 7.39. The standard InChI is InChI=1S/C24H24N4O5S2/c1-27(2)35(31,32)20-12-6-10-18(14-20)26-24-28(16-19-11-7-13-33-19)23(30)21(34-24)15-22(29)25-17-8-4-3-5-9-17/h3-14,21H,15-16H2,1-2H3,(H,25,29)/t21-/m0/s1. The van der Waals surface area contributed by atoms with E-state index < -0.39 is 15.3 Å². The lowest BCUT2D eigenvalue weighted by molar-refractivity contribution is -0.128. The number of furan rings is 1. The van der Waals surface area contributed by atoms with Crippen LogP contribution in [0.15, 0.2) is 87.3 Å². The smallest absolute Gasteiger partial charge is 0.243 e. The van der Waals surface area contributed by atoms with Gasteiger partial charge >= 0.3 is 0 Å². The van der Waals surface area contributed by atoms with Crippen LogP contribution < -0.4 is 5.32 Å². The van der Waals surface area contributed by atoms with E-state index in [4.69, 9.17) is 4.42 Å². The fourth-order valence-electron chi connectivity index (χ4n) is 3.37. The van der Waals surface area contributed by atoms with Crippen LogP contribution in [0.2, 0.25) is 0 Å². The number of benzene rings is 2. The molecule has 182 valence electrons. The highest BCUT2D eigenvalue weighted by atomic mass is 32.2. The molecule has 1 aromatic heterocycles. The molecule has 3 aromatic rings. The van der Waals surface area contributed by atoms with Gasteiger partial charge < -0.3 is 9.73 Å². The number of carbonyl (C=O) groups is 2. The summed E-state index contributed by atoms with van der Waals surface area (Å²) < 4.78 is 31.6. The van der Waals surface area contributed by atoms with Crippen LogP contribution in [0.4, 0.5) is 11.4 Å². The van der Waals surface area contributed by atoms with Crippen LogP contribution in [0.5, 0.6) is 0 Å². The number of hydrogen-bond donors (Lipinski definition) is 1. The van der Waals surface area contributed by atoms with E-state index in [-0.39, 0.29) is 29.7 Å². The molecule has 1 aliphatic rings. The van der Waals surface area contributed by atoms with Gasteiger partial charge in [-0.2, -0.15) is 0 Å². The summed E-state index contributed by atoms with van der Waals surface area (Å²) in [5, 5.41) is 2.48. The fraction of sp³-hybridized carbons (Fsp3) is 0.208. The highest BCUT2D eigenvalue weighted by molar-refractivity contribution is 8.15. The summed E-state index contributed by atoms with van der Waals surface area (Å²) in [6.07, 6.45) is 1.47. The number of nitrogens with zero attached hydrogens (tertiary/aromatic N) is 3. The van der Waals surface area contributed by atoms with Crippen molar-refractivity contribution in [3.8, 4) is 0 Å². The van der Waals surface area contributed by atoms with Crippen molar-refractivity contribution >= 4 is 50.1 Å². The number of rotatable bonds is 8. The highest BCUT2D eigenvalue weighted by Crippen LogP contribution is 2.33. The predicted molar refractivity (Wildman–Crippen MR) is 135 cm³/mol. The highest BCUT2D eigenvalue weighted by Gasteiger charge is 2.39. The number of thioether (sulfide) groups is 1. The number of sulfonamides is 1. The maximum Gasteiger partial charge on any atom is 0.243 e. The lowest BCUT2D eigenvalue weighted by atomic mass is 10.2. The number of nitrogens with one attached hydrogen (secondary N) is 1. The van der Waals surface area contributed by atoms with Crippen molar-refractivity contribution in [3.63, 3.8) is 0 Å². The summed E-state index contributed by atoms with van der Waals surface area (Å²) in [5.41, 5.74) is 1.02. The molecule has 0 saturated carbocycles. The van der Waals surface area contributed by atoms with Crippen LogP contribution >= 0.6 is 11.8 Å². The molecule has 11 heteroatoms. The summed E-state index contributed by atoms with van der Waals surface area (Å²) in [5.74, 6) is -0.00396. The first-order valence-corrected chi connectivity index (χ1v) is 13.0. The summed E-state index contributed by atoms with van der Waals surface area (Å²) in [7, 11) is -0.738. The lowest BCUT2D eigenvalue weighted by Gasteiger charge is -2.15. The Morgan fingerprint density at radius 2 is 1.89 bits per heavy atom. The molecule has 2 aromatic carbocycles. The molecule has 2 amide bonds. The van der Waals surface area contributed by atoms with Gasteiger partial charge in [-0.1, -0.05) is 36.0 Å². The molecule has 1 atom stereocenters. The quantitative estimate of drug-likeness (QED) is 0.493. The number of para-hydroxylation sites is 1. The van der Waals surface area contributed by atoms with Crippen LogP contribution in [-0.4, -0.2) is 54.0 Å². The Morgan fingerprint density at radius 3 is 2.57 bits per heavy atom. The van der Waals surface area contributed by atoms with Crippen LogP contribution in [0.25, 0.3) is 0 Å². The van der Waals surface area contributed by atoms with Gasteiger partial charge in [0.2, 0.25) is 21.8 Å². The second-order valence-corrected chi connectivity index (χ2v) is 11.2. The molecule has 9 nitrogen and oxygen atoms in total. The SMILES string of the molecule is CN(C)S(=O)(=O)c1cccc(N=C2S[C@@H](CC(=O)Nc3ccccc3)C(=O)N2Cc2ccco2)c1. The number of carbonyl (C=O) groups excluding carboxylic acids is 2. The van der Waals surface area contributed by atoms with E-state index in [9.17, 15) is 18.0 Å². The average Bonchev–Trinajstić information content (AvgIpc) is 3.44. The summed E-state index contributed by atoms with van der Waals surface area (Å²) in [6.45, 7) is 0.143. The molecule has 0 bridgehead atoms. The number of anilines is 1. The van der Waals surface area contributed by atoms with Crippen molar-refractivity contribution in [2.75, 3.05) is 19.4 Å². The van der Waals surface area contributed by atoms with Gasteiger partial charge in [0.1, 0.15) is 11.0 Å². The van der Waals surface area contributed by atoms with Crippen molar-refractivity contribution in [1.82, 2.24) is 9.21 Å². The van der Waals surface area contributed by atoms with Gasteiger partial charge in [0.05, 0.1) is 23.4 Å². The van der Waals surface area contributed by atoms with Gasteiger partial charge in [-0.15, -0.1) is 0 Å². The van der Waals surface area contributed by atoms with Gasteiger partial charge in [0.15, 0.2) is 5.17 Å². The summed E-state index contributed by atoms with van der Waals surface area (Å²) >= 11 is 1.17. The number of amidine groups is 1. The molecule has 0 unspecified atom stereocenters. The van der Waals surface area contributed by atoms with E-state index >= 15 is 0 Å². The maximum atomic E-state index is 13.2. The van der Waals surface area contributed by atoms with Crippen LogP contribution in [0.3, 0.4) is 0 Å². The van der Waals surface area contributed by atoms with Gasteiger partial charge in [0, 0.05) is 26.2 Å². The van der Waals surface area contributed by atoms with Crippen LogP contribution in [0, 0.1) is 0 Å². The number of aliphatic imine (C=N–C) groups is 1. The molecule has 4 rings (SSSR count). The minimum absolute atomic E-state index is 0.0406. The Balaban J connectivity index is 1.59. The van der Waals surface area contributed by atoms with Crippen LogP contribution in [-0.2, 0) is 26.2 Å². The molecule has 1 N–H and O–H groups in total. The maximum absolute atomic E-state index is 13.2. The molecule has 2 heterocycles. The van der Waals surface area contributed by atoms with E-state index in [1.54, 1.807) is 36.4 Å². The molecule has 35 heavy (non-hydrogen) atoms. The third kappa shape index (κ3) is 5.81. The lowest BCUT2D eigenvalue weighted by Crippen LogP contribution is -2.33. The van der Waals surface area contributed by atoms with E-state index in [1.165, 1.54) is 49.2 Å². The van der Waals surface area contributed by atoms with Gasteiger partial charge in [-0.05, 0) is 42.5 Å². The van der Waals surface area contributed by atoms with Crippen molar-refractivity contribution in [3.05, 3.63) is 78.8 Å². The summed E-state index contributed by atoms with van der Waals surface area (Å²) in [6, 6.07) is 18.7. The molecule has 0 aliphatic carbocycles. The fourth-order valence-corrected chi connectivity index (χ4v) is 5.46. The third-order valence-corrected chi connectivity index (χ3v) is 8.15. The Labute approximate surface area is 207 Å². The second-order valence-electron chi connectivity index (χ2n) is 7.91. The largest absolute Gasteiger partial charge is 0.467 e. The van der Waals surface area contributed by atoms with E-state index in [0.29, 0.717) is 22.3 Å². The molecular weight excluding hydrogens is 488 g/mol. The zero-order valence-corrected chi connectivity index (χ0v) is 20.8. The predicted octanol–water partition coefficient (Wildman–Crippen LogP) is 3.69. The summed E-state index contributed by atoms with van der Waals surface area (Å²) in [4.78, 5) is 32.0. The van der Waals surface area contributed by atoms with Gasteiger partial charge in [0.25, 0.3) is 0 Å². The molecule has 1 aliphatic heterocycles. The molecule has 0 radical (unpaired) electrons. The van der Waals surface area contributed by atoms with Crippen molar-refractivity contribution in [2.45, 2.75) is 23.1 Å². The monoisotopic (exact) mass is 512 g/mol. The Morgan fingerprint density at radius 1 is 1.11 bits per heavy atom. The van der Waals surface area contributed by atoms with E-state index in [0.717, 1.165) is 4.31 Å². The topological polar surface area (TPSA) is 112 Å². The first-order valence-electron chi connectivity index (χ1n) is 10.7. The molecule has 1 saturated heterocycles. The third-order valence-electron chi connectivity index (χ3n) is 5.16. The molecule has 1 fully saturated rings. The number of hydrogen-bond acceptors (Lipinski definition) is 7. The molecular formula is C24H24N4O5S2. The minimum Gasteiger partial charge on any atom is -0.467 e. The Hall–Kier alpha value is -3.41. The minimum atomic E-state index is -3.65. The van der Waals surface area contributed by atoms with Crippen molar-refractivity contribution < 1.29 is 22.4 Å². The average molecular weight is 513 g/mol. The van der Waals surface area contributed by atoms with Gasteiger partial charge in [-0.3, -0.25) is 14.5 Å². The second kappa shape index (κ2) is 10.5. The van der Waals surface area contributed by atoms with Crippen molar-refractivity contribution in [2.24, 2.45) is 4.99 Å². The van der Waals surface area contributed by atoms with Crippen molar-refractivity contribution in [1.29, 1.82) is 0 Å². The number of amides is 2. The first kappa shape index (κ1) is 24.7. The van der Waals surface area contributed by atoms with E-state index in [2.05, 4.69) is 10.3 Å². The Bertz CT molecular complexity index is 1340. The molecule has 0 spiro atoms. The first-order chi connectivity index (χ1) is 16.7. The zero-order valence-electron chi connectivity index (χ0n) is 19.1. The van der Waals surface area contributed by atoms with Gasteiger partial charge in [-0.25, -0.2) is 17.7 Å². The van der Waals surface area contributed by atoms with E-state index in [1.807, 2.05) is 18.2 Å². The zero-order chi connectivity index (χ0) is 25.0.